The Bertz CT molecular complexity index is 652. The number of nitrogens with one attached hydrogen (secondary N) is 2. The molecule has 1 unspecified atom stereocenters. The number of rotatable bonds is 1. The van der Waals surface area contributed by atoms with E-state index in [0.29, 0.717) is 25.7 Å². The Morgan fingerprint density at radius 3 is 2.12 bits per heavy atom. The molecule has 0 spiro atoms. The third-order valence-corrected chi connectivity index (χ3v) is 5.34. The molecule has 4 rings (SSSR count). The first kappa shape index (κ1) is 27.1. The fraction of sp³-hybridized carbons (Fsp3) is 0.783. The molecule has 0 aromatic heterocycles. The highest BCUT2D eigenvalue weighted by molar-refractivity contribution is 5.82. The van der Waals surface area contributed by atoms with Crippen molar-refractivity contribution in [3.8, 4) is 0 Å². The lowest BCUT2D eigenvalue weighted by Gasteiger charge is -2.36. The number of carbonyl (C=O) groups is 3. The van der Waals surface area contributed by atoms with Crippen molar-refractivity contribution in [3.05, 3.63) is 12.2 Å². The summed E-state index contributed by atoms with van der Waals surface area (Å²) in [5.41, 5.74) is -0.387. The Kier molecular flexibility index (Phi) is 11.6. The molecular weight excluding hydrogens is 428 g/mol. The van der Waals surface area contributed by atoms with Crippen LogP contribution in [-0.4, -0.2) is 105 Å². The van der Waals surface area contributed by atoms with E-state index in [2.05, 4.69) is 20.3 Å². The molecule has 10 heteroatoms. The number of cyclic esters (lactones) is 2. The first-order valence-corrected chi connectivity index (χ1v) is 11.9. The van der Waals surface area contributed by atoms with Crippen LogP contribution in [-0.2, 0) is 23.8 Å². The quantitative estimate of drug-likeness (QED) is 0.429. The van der Waals surface area contributed by atoms with E-state index in [9.17, 15) is 14.4 Å². The number of piperazine rings is 2. The zero-order chi connectivity index (χ0) is 24.1. The molecule has 1 atom stereocenters. The summed E-state index contributed by atoms with van der Waals surface area (Å²) in [6, 6.07) is 0.434. The highest BCUT2D eigenvalue weighted by atomic mass is 16.6. The molecule has 0 saturated carbocycles. The summed E-state index contributed by atoms with van der Waals surface area (Å²) in [6.45, 7) is 14.2. The summed E-state index contributed by atoms with van der Waals surface area (Å²) in [4.78, 5) is 36.8. The molecule has 4 heterocycles. The van der Waals surface area contributed by atoms with Crippen LogP contribution in [0.5, 0.6) is 0 Å². The molecule has 1 amide bonds. The number of nitrogens with zero attached hydrogens (tertiary/aromatic N) is 2. The van der Waals surface area contributed by atoms with Gasteiger partial charge in [-0.05, 0) is 27.2 Å². The summed E-state index contributed by atoms with van der Waals surface area (Å²) in [6.07, 6.45) is 5.52. The van der Waals surface area contributed by atoms with E-state index in [1.807, 2.05) is 26.8 Å². The zero-order valence-electron chi connectivity index (χ0n) is 20.3. The lowest BCUT2D eigenvalue weighted by atomic mass is 10.1. The summed E-state index contributed by atoms with van der Waals surface area (Å²) >= 11 is 0. The SMILES string of the molecule is CC(C)(C)OC(=O)N1CCNCC1.O=C1C=CCCO1.O=C1CC(N2CCNCC2)CCO1. The molecular formula is C23H40N4O6. The van der Waals surface area contributed by atoms with E-state index >= 15 is 0 Å². The van der Waals surface area contributed by atoms with Gasteiger partial charge in [-0.2, -0.15) is 0 Å². The smallest absolute Gasteiger partial charge is 0.410 e. The predicted octanol–water partition coefficient (Wildman–Crippen LogP) is 0.913. The molecule has 188 valence electrons. The molecule has 10 nitrogen and oxygen atoms in total. The highest BCUT2D eigenvalue weighted by Gasteiger charge is 2.27. The maximum atomic E-state index is 11.5. The van der Waals surface area contributed by atoms with Gasteiger partial charge in [0.25, 0.3) is 0 Å². The van der Waals surface area contributed by atoms with Gasteiger partial charge in [-0.15, -0.1) is 0 Å². The summed E-state index contributed by atoms with van der Waals surface area (Å²) in [5, 5.41) is 6.49. The van der Waals surface area contributed by atoms with Gasteiger partial charge in [0.1, 0.15) is 5.60 Å². The molecule has 4 aliphatic rings. The summed E-state index contributed by atoms with van der Waals surface area (Å²) in [5.74, 6) is -0.249. The van der Waals surface area contributed by atoms with Gasteiger partial charge in [0.15, 0.2) is 0 Å². The Morgan fingerprint density at radius 1 is 1.00 bits per heavy atom. The second kappa shape index (κ2) is 14.2. The minimum absolute atomic E-state index is 0.0326. The van der Waals surface area contributed by atoms with Crippen molar-refractivity contribution in [3.63, 3.8) is 0 Å². The molecule has 0 aliphatic carbocycles. The fourth-order valence-corrected chi connectivity index (χ4v) is 3.65. The van der Waals surface area contributed by atoms with Crippen molar-refractivity contribution in [2.75, 3.05) is 65.6 Å². The number of amides is 1. The van der Waals surface area contributed by atoms with Crippen molar-refractivity contribution in [1.29, 1.82) is 0 Å². The van der Waals surface area contributed by atoms with Crippen LogP contribution >= 0.6 is 0 Å². The fourth-order valence-electron chi connectivity index (χ4n) is 3.65. The monoisotopic (exact) mass is 468 g/mol. The van der Waals surface area contributed by atoms with Crippen molar-refractivity contribution in [1.82, 2.24) is 20.4 Å². The van der Waals surface area contributed by atoms with Gasteiger partial charge in [-0.3, -0.25) is 9.69 Å². The van der Waals surface area contributed by atoms with Crippen LogP contribution in [0.2, 0.25) is 0 Å². The third-order valence-electron chi connectivity index (χ3n) is 5.34. The van der Waals surface area contributed by atoms with Crippen molar-refractivity contribution in [2.24, 2.45) is 0 Å². The van der Waals surface area contributed by atoms with E-state index in [-0.39, 0.29) is 23.6 Å². The highest BCUT2D eigenvalue weighted by Crippen LogP contribution is 2.15. The number of carbonyl (C=O) groups excluding carboxylic acids is 3. The molecule has 3 saturated heterocycles. The lowest BCUT2D eigenvalue weighted by molar-refractivity contribution is -0.150. The maximum absolute atomic E-state index is 11.5. The van der Waals surface area contributed by atoms with Crippen LogP contribution in [0, 0.1) is 0 Å². The van der Waals surface area contributed by atoms with Gasteiger partial charge in [-0.25, -0.2) is 9.59 Å². The molecule has 33 heavy (non-hydrogen) atoms. The van der Waals surface area contributed by atoms with Crippen molar-refractivity contribution < 1.29 is 28.6 Å². The van der Waals surface area contributed by atoms with Crippen molar-refractivity contribution in [2.45, 2.75) is 51.7 Å². The van der Waals surface area contributed by atoms with Crippen LogP contribution in [0.15, 0.2) is 12.2 Å². The second-order valence-corrected chi connectivity index (χ2v) is 9.23. The first-order chi connectivity index (χ1) is 15.7. The van der Waals surface area contributed by atoms with Gasteiger partial charge >= 0.3 is 18.0 Å². The van der Waals surface area contributed by atoms with Gasteiger partial charge in [0.05, 0.1) is 19.6 Å². The minimum atomic E-state index is -0.387. The van der Waals surface area contributed by atoms with Crippen LogP contribution in [0.25, 0.3) is 0 Å². The zero-order valence-corrected chi connectivity index (χ0v) is 20.3. The van der Waals surface area contributed by atoms with Crippen molar-refractivity contribution >= 4 is 18.0 Å². The molecule has 4 aliphatic heterocycles. The Hall–Kier alpha value is -2.17. The lowest BCUT2D eigenvalue weighted by Crippen LogP contribution is -2.50. The van der Waals surface area contributed by atoms with E-state index < -0.39 is 0 Å². The predicted molar refractivity (Wildman–Crippen MR) is 124 cm³/mol. The molecule has 3 fully saturated rings. The number of hydrogen-bond acceptors (Lipinski definition) is 9. The maximum Gasteiger partial charge on any atom is 0.410 e. The van der Waals surface area contributed by atoms with Crippen LogP contribution in [0.3, 0.4) is 0 Å². The van der Waals surface area contributed by atoms with Crippen LogP contribution in [0.1, 0.15) is 40.0 Å². The van der Waals surface area contributed by atoms with Gasteiger partial charge < -0.3 is 29.7 Å². The van der Waals surface area contributed by atoms with E-state index in [0.717, 1.165) is 65.2 Å². The van der Waals surface area contributed by atoms with Gasteiger partial charge in [-0.1, -0.05) is 6.08 Å². The van der Waals surface area contributed by atoms with Crippen LogP contribution in [0.4, 0.5) is 4.79 Å². The topological polar surface area (TPSA) is 109 Å². The third kappa shape index (κ3) is 11.5. The van der Waals surface area contributed by atoms with E-state index in [1.165, 1.54) is 6.08 Å². The molecule has 2 N–H and O–H groups in total. The summed E-state index contributed by atoms with van der Waals surface area (Å²) in [7, 11) is 0. The van der Waals surface area contributed by atoms with E-state index in [4.69, 9.17) is 9.47 Å². The minimum Gasteiger partial charge on any atom is -0.466 e. The van der Waals surface area contributed by atoms with E-state index in [1.54, 1.807) is 4.90 Å². The number of ether oxygens (including phenoxy) is 3. The number of esters is 2. The number of hydrogen-bond donors (Lipinski definition) is 2. The van der Waals surface area contributed by atoms with Gasteiger partial charge in [0.2, 0.25) is 0 Å². The Balaban J connectivity index is 0.000000184. The normalized spacial score (nSPS) is 23.7. The average molecular weight is 469 g/mol. The average Bonchev–Trinajstić information content (AvgIpc) is 2.81. The van der Waals surface area contributed by atoms with Gasteiger partial charge in [0, 0.05) is 70.9 Å². The standard InChI is InChI=1S/C9H16N2O2.C9H18N2O2.C5H6O2/c12-9-7-8(1-6-13-9)11-4-2-10-3-5-11;1-9(2,3)13-8(12)11-6-4-10-5-7-11;6-5-3-1-2-4-7-5/h8,10H,1-7H2;10H,4-7H2,1-3H3;1,3H,2,4H2. The first-order valence-electron chi connectivity index (χ1n) is 11.9. The summed E-state index contributed by atoms with van der Waals surface area (Å²) < 4.78 is 14.7. The Morgan fingerprint density at radius 2 is 1.64 bits per heavy atom. The molecule has 0 bridgehead atoms. The molecule has 0 aromatic rings. The Labute approximate surface area is 197 Å². The molecule has 0 aromatic carbocycles. The largest absolute Gasteiger partial charge is 0.466 e. The molecule has 0 radical (unpaired) electrons. The van der Waals surface area contributed by atoms with Crippen LogP contribution < -0.4 is 10.6 Å². The second-order valence-electron chi connectivity index (χ2n) is 9.23.